The van der Waals surface area contributed by atoms with Gasteiger partial charge in [-0.05, 0) is 39.7 Å². The maximum atomic E-state index is 11.6. The third-order valence-corrected chi connectivity index (χ3v) is 3.35. The fourth-order valence-corrected chi connectivity index (χ4v) is 2.20. The van der Waals surface area contributed by atoms with E-state index < -0.39 is 5.60 Å². The van der Waals surface area contributed by atoms with Crippen LogP contribution in [0.15, 0.2) is 12.3 Å². The van der Waals surface area contributed by atoms with E-state index in [9.17, 15) is 4.79 Å². The molecule has 0 saturated heterocycles. The van der Waals surface area contributed by atoms with Crippen molar-refractivity contribution in [3.63, 3.8) is 0 Å². The number of carbonyl (C=O) groups excluding carboxylic acids is 1. The Labute approximate surface area is 119 Å². The Balaban J connectivity index is 1.63. The van der Waals surface area contributed by atoms with Gasteiger partial charge < -0.3 is 15.4 Å². The van der Waals surface area contributed by atoms with Crippen LogP contribution in [0.1, 0.15) is 39.3 Å². The van der Waals surface area contributed by atoms with Crippen LogP contribution in [-0.2, 0) is 18.3 Å². The lowest BCUT2D eigenvalue weighted by Gasteiger charge is -2.36. The molecule has 20 heavy (non-hydrogen) atoms. The summed E-state index contributed by atoms with van der Waals surface area (Å²) >= 11 is 0. The summed E-state index contributed by atoms with van der Waals surface area (Å²) in [6, 6.07) is 2.67. The van der Waals surface area contributed by atoms with E-state index in [1.165, 1.54) is 0 Å². The molecule has 1 fully saturated rings. The number of nitrogens with zero attached hydrogens (tertiary/aromatic N) is 2. The fraction of sp³-hybridized carbons (Fsp3) is 0.714. The standard InChI is InChI=1S/C14H24N4O2/c1-14(2,3)20-13(19)17-11-7-10(8-11)15-9-12-5-6-16-18(12)4/h5-6,10-11,15H,7-9H2,1-4H3,(H,17,19). The zero-order chi connectivity index (χ0) is 14.8. The molecule has 0 aliphatic heterocycles. The van der Waals surface area contributed by atoms with E-state index in [1.54, 1.807) is 6.20 Å². The van der Waals surface area contributed by atoms with Gasteiger partial charge in [-0.1, -0.05) is 0 Å². The normalized spacial score (nSPS) is 22.2. The SMILES string of the molecule is Cn1nccc1CNC1CC(NC(=O)OC(C)(C)C)C1. The van der Waals surface area contributed by atoms with Crippen molar-refractivity contribution in [2.75, 3.05) is 0 Å². The van der Waals surface area contributed by atoms with Crippen LogP contribution in [0.2, 0.25) is 0 Å². The van der Waals surface area contributed by atoms with Gasteiger partial charge in [0, 0.05) is 31.9 Å². The van der Waals surface area contributed by atoms with Crippen LogP contribution in [0.4, 0.5) is 4.79 Å². The number of aromatic nitrogens is 2. The maximum absolute atomic E-state index is 11.6. The topological polar surface area (TPSA) is 68.2 Å². The maximum Gasteiger partial charge on any atom is 0.407 e. The van der Waals surface area contributed by atoms with E-state index in [1.807, 2.05) is 38.6 Å². The lowest BCUT2D eigenvalue weighted by atomic mass is 9.87. The average Bonchev–Trinajstić information content (AvgIpc) is 2.64. The highest BCUT2D eigenvalue weighted by atomic mass is 16.6. The van der Waals surface area contributed by atoms with Gasteiger partial charge in [-0.15, -0.1) is 0 Å². The summed E-state index contributed by atoms with van der Waals surface area (Å²) in [5, 5.41) is 10.5. The zero-order valence-electron chi connectivity index (χ0n) is 12.6. The number of hydrogen-bond acceptors (Lipinski definition) is 4. The number of nitrogens with one attached hydrogen (secondary N) is 2. The molecule has 0 atom stereocenters. The van der Waals surface area contributed by atoms with Crippen LogP contribution in [0.25, 0.3) is 0 Å². The molecule has 2 rings (SSSR count). The zero-order valence-corrected chi connectivity index (χ0v) is 12.6. The summed E-state index contributed by atoms with van der Waals surface area (Å²) in [4.78, 5) is 11.6. The van der Waals surface area contributed by atoms with Crippen molar-refractivity contribution in [3.05, 3.63) is 18.0 Å². The first-order valence-corrected chi connectivity index (χ1v) is 7.03. The van der Waals surface area contributed by atoms with Crippen LogP contribution < -0.4 is 10.6 Å². The molecule has 1 aliphatic rings. The summed E-state index contributed by atoms with van der Waals surface area (Å²) in [5.41, 5.74) is 0.721. The van der Waals surface area contributed by atoms with E-state index in [2.05, 4.69) is 15.7 Å². The quantitative estimate of drug-likeness (QED) is 0.878. The van der Waals surface area contributed by atoms with Crippen molar-refractivity contribution < 1.29 is 9.53 Å². The monoisotopic (exact) mass is 280 g/mol. The molecule has 1 amide bonds. The number of aryl methyl sites for hydroxylation is 1. The van der Waals surface area contributed by atoms with Crippen molar-refractivity contribution in [2.24, 2.45) is 7.05 Å². The van der Waals surface area contributed by atoms with Crippen LogP contribution in [-0.4, -0.2) is 33.6 Å². The van der Waals surface area contributed by atoms with Gasteiger partial charge in [0.05, 0.1) is 5.69 Å². The molecule has 2 N–H and O–H groups in total. The second kappa shape index (κ2) is 5.83. The molecule has 0 bridgehead atoms. The number of rotatable bonds is 4. The molecule has 0 unspecified atom stereocenters. The van der Waals surface area contributed by atoms with Gasteiger partial charge in [-0.25, -0.2) is 4.79 Å². The van der Waals surface area contributed by atoms with Gasteiger partial charge in [0.25, 0.3) is 0 Å². The summed E-state index contributed by atoms with van der Waals surface area (Å²) in [7, 11) is 1.94. The Hall–Kier alpha value is -1.56. The lowest BCUT2D eigenvalue weighted by Crippen LogP contribution is -2.53. The summed E-state index contributed by atoms with van der Waals surface area (Å²) in [6.07, 6.45) is 3.35. The molecule has 0 spiro atoms. The van der Waals surface area contributed by atoms with Crippen molar-refractivity contribution in [2.45, 2.75) is 57.8 Å². The Morgan fingerprint density at radius 2 is 2.15 bits per heavy atom. The molecule has 1 aromatic heterocycles. The molecular weight excluding hydrogens is 256 g/mol. The minimum atomic E-state index is -0.439. The third kappa shape index (κ3) is 4.23. The number of amides is 1. The Morgan fingerprint density at radius 1 is 1.45 bits per heavy atom. The van der Waals surface area contributed by atoms with Crippen LogP contribution in [0.5, 0.6) is 0 Å². The highest BCUT2D eigenvalue weighted by Gasteiger charge is 2.31. The summed E-state index contributed by atoms with van der Waals surface area (Å²) in [5.74, 6) is 0. The number of ether oxygens (including phenoxy) is 1. The molecular formula is C14H24N4O2. The minimum Gasteiger partial charge on any atom is -0.444 e. The third-order valence-electron chi connectivity index (χ3n) is 3.35. The van der Waals surface area contributed by atoms with Crippen molar-refractivity contribution >= 4 is 6.09 Å². The lowest BCUT2D eigenvalue weighted by molar-refractivity contribution is 0.0465. The van der Waals surface area contributed by atoms with E-state index >= 15 is 0 Å². The highest BCUT2D eigenvalue weighted by molar-refractivity contribution is 5.68. The molecule has 0 aromatic carbocycles. The summed E-state index contributed by atoms with van der Waals surface area (Å²) in [6.45, 7) is 6.41. The van der Waals surface area contributed by atoms with Gasteiger partial charge >= 0.3 is 6.09 Å². The van der Waals surface area contributed by atoms with Crippen LogP contribution >= 0.6 is 0 Å². The van der Waals surface area contributed by atoms with Gasteiger partial charge in [0.1, 0.15) is 5.60 Å². The Kier molecular flexibility index (Phi) is 4.32. The molecule has 6 nitrogen and oxygen atoms in total. The number of alkyl carbamates (subject to hydrolysis) is 1. The predicted molar refractivity (Wildman–Crippen MR) is 76.2 cm³/mol. The van der Waals surface area contributed by atoms with Gasteiger partial charge in [-0.2, -0.15) is 5.10 Å². The molecule has 0 radical (unpaired) electrons. The first-order valence-electron chi connectivity index (χ1n) is 7.03. The fourth-order valence-electron chi connectivity index (χ4n) is 2.20. The second-order valence-corrected chi connectivity index (χ2v) is 6.34. The first kappa shape index (κ1) is 14.8. The van der Waals surface area contributed by atoms with Crippen molar-refractivity contribution in [1.82, 2.24) is 20.4 Å². The number of hydrogen-bond donors (Lipinski definition) is 2. The van der Waals surface area contributed by atoms with Crippen LogP contribution in [0.3, 0.4) is 0 Å². The van der Waals surface area contributed by atoms with E-state index in [0.717, 1.165) is 25.1 Å². The molecule has 6 heteroatoms. The molecule has 1 aliphatic carbocycles. The second-order valence-electron chi connectivity index (χ2n) is 6.34. The van der Waals surface area contributed by atoms with E-state index in [-0.39, 0.29) is 12.1 Å². The molecule has 1 saturated carbocycles. The largest absolute Gasteiger partial charge is 0.444 e. The van der Waals surface area contributed by atoms with Crippen molar-refractivity contribution in [1.29, 1.82) is 0 Å². The van der Waals surface area contributed by atoms with Gasteiger partial charge in [0.15, 0.2) is 0 Å². The Morgan fingerprint density at radius 3 is 2.70 bits per heavy atom. The minimum absolute atomic E-state index is 0.217. The first-order chi connectivity index (χ1) is 9.33. The van der Waals surface area contributed by atoms with E-state index in [0.29, 0.717) is 6.04 Å². The molecule has 112 valence electrons. The smallest absolute Gasteiger partial charge is 0.407 e. The average molecular weight is 280 g/mol. The summed E-state index contributed by atoms with van der Waals surface area (Å²) < 4.78 is 7.10. The molecule has 1 aromatic rings. The molecule has 1 heterocycles. The van der Waals surface area contributed by atoms with Gasteiger partial charge in [-0.3, -0.25) is 4.68 Å². The predicted octanol–water partition coefficient (Wildman–Crippen LogP) is 1.57. The number of carbonyl (C=O) groups is 1. The van der Waals surface area contributed by atoms with Crippen molar-refractivity contribution in [3.8, 4) is 0 Å². The highest BCUT2D eigenvalue weighted by Crippen LogP contribution is 2.21. The van der Waals surface area contributed by atoms with Gasteiger partial charge in [0.2, 0.25) is 0 Å². The van der Waals surface area contributed by atoms with E-state index in [4.69, 9.17) is 4.74 Å². The Bertz CT molecular complexity index is 458. The van der Waals surface area contributed by atoms with Crippen LogP contribution in [0, 0.1) is 0 Å².